The van der Waals surface area contributed by atoms with Crippen LogP contribution in [0.15, 0.2) is 60.7 Å². The molecule has 122 valence electrons. The molecule has 0 saturated heterocycles. The molecule has 0 aliphatic rings. The van der Waals surface area contributed by atoms with Crippen molar-refractivity contribution in [3.8, 4) is 5.75 Å². The average Bonchev–Trinajstić information content (AvgIpc) is 3.05. The highest BCUT2D eigenvalue weighted by Crippen LogP contribution is 2.15. The van der Waals surface area contributed by atoms with Crippen molar-refractivity contribution in [3.05, 3.63) is 72.1 Å². The van der Waals surface area contributed by atoms with E-state index in [1.54, 1.807) is 31.2 Å². The molecule has 0 spiro atoms. The molecule has 0 radical (unpaired) electrons. The predicted octanol–water partition coefficient (Wildman–Crippen LogP) is 3.00. The average molecular weight is 324 g/mol. The summed E-state index contributed by atoms with van der Waals surface area (Å²) >= 11 is 0. The summed E-state index contributed by atoms with van der Waals surface area (Å²) in [5.74, 6) is 1.01. The smallest absolute Gasteiger partial charge is 0.408 e. The zero-order chi connectivity index (χ0) is 16.8. The van der Waals surface area contributed by atoms with Crippen LogP contribution in [0.4, 0.5) is 4.79 Å². The molecule has 7 nitrogen and oxygen atoms in total. The second-order valence-electron chi connectivity index (χ2n) is 5.08. The molecule has 0 fully saturated rings. The van der Waals surface area contributed by atoms with Crippen molar-refractivity contribution in [2.45, 2.75) is 19.6 Å². The molecule has 0 saturated carbocycles. The van der Waals surface area contributed by atoms with Gasteiger partial charge in [0.25, 0.3) is 0 Å². The van der Waals surface area contributed by atoms with Gasteiger partial charge in [-0.25, -0.2) is 4.79 Å². The Labute approximate surface area is 138 Å². The van der Waals surface area contributed by atoms with E-state index in [0.717, 1.165) is 5.56 Å². The van der Waals surface area contributed by atoms with Gasteiger partial charge in [-0.05, 0) is 35.0 Å². The first kappa shape index (κ1) is 15.7. The van der Waals surface area contributed by atoms with Crippen LogP contribution in [0.3, 0.4) is 0 Å². The summed E-state index contributed by atoms with van der Waals surface area (Å²) in [6.07, 6.45) is -0.959. The molecular weight excluding hydrogens is 308 g/mol. The molecule has 0 N–H and O–H groups in total. The molecule has 2 aromatic carbocycles. The second-order valence-corrected chi connectivity index (χ2v) is 5.08. The third kappa shape index (κ3) is 3.95. The molecule has 0 aliphatic carbocycles. The fourth-order valence-electron chi connectivity index (χ4n) is 2.19. The van der Waals surface area contributed by atoms with E-state index in [1.165, 1.54) is 4.68 Å². The number of aromatic nitrogens is 4. The maximum atomic E-state index is 11.9. The molecule has 0 bridgehead atoms. The molecule has 24 heavy (non-hydrogen) atoms. The van der Waals surface area contributed by atoms with Gasteiger partial charge in [0.1, 0.15) is 5.75 Å². The van der Waals surface area contributed by atoms with Gasteiger partial charge >= 0.3 is 6.16 Å². The van der Waals surface area contributed by atoms with Crippen molar-refractivity contribution in [1.82, 2.24) is 20.2 Å². The van der Waals surface area contributed by atoms with Crippen LogP contribution in [0.2, 0.25) is 0 Å². The van der Waals surface area contributed by atoms with E-state index in [1.807, 2.05) is 36.4 Å². The molecule has 3 aromatic rings. The first-order chi connectivity index (χ1) is 11.7. The van der Waals surface area contributed by atoms with E-state index in [-0.39, 0.29) is 0 Å². The molecule has 3 rings (SSSR count). The maximum Gasteiger partial charge on any atom is 0.515 e. The maximum absolute atomic E-state index is 11.9. The minimum absolute atomic E-state index is 0.413. The number of hydrogen-bond acceptors (Lipinski definition) is 6. The zero-order valence-electron chi connectivity index (χ0n) is 13.1. The van der Waals surface area contributed by atoms with Crippen LogP contribution in [-0.4, -0.2) is 26.4 Å². The number of carbonyl (C=O) groups excluding carboxylic acids is 1. The van der Waals surface area contributed by atoms with Crippen LogP contribution in [-0.2, 0) is 11.2 Å². The van der Waals surface area contributed by atoms with Crippen LogP contribution >= 0.6 is 0 Å². The van der Waals surface area contributed by atoms with Crippen molar-refractivity contribution >= 4 is 6.16 Å². The van der Waals surface area contributed by atoms with Gasteiger partial charge < -0.3 is 9.47 Å². The summed E-state index contributed by atoms with van der Waals surface area (Å²) in [7, 11) is 0. The Hall–Kier alpha value is -3.22. The summed E-state index contributed by atoms with van der Waals surface area (Å²) in [6.45, 7) is 1.68. The Balaban J connectivity index is 1.64. The quantitative estimate of drug-likeness (QED) is 0.530. The number of ether oxygens (including phenoxy) is 2. The number of nitrogens with zero attached hydrogens (tertiary/aromatic N) is 4. The topological polar surface area (TPSA) is 79.1 Å². The van der Waals surface area contributed by atoms with Crippen LogP contribution in [0.5, 0.6) is 5.75 Å². The van der Waals surface area contributed by atoms with Crippen molar-refractivity contribution in [2.24, 2.45) is 0 Å². The summed E-state index contributed by atoms with van der Waals surface area (Å²) in [5.41, 5.74) is 1.06. The van der Waals surface area contributed by atoms with Crippen LogP contribution in [0.1, 0.15) is 24.5 Å². The summed E-state index contributed by atoms with van der Waals surface area (Å²) in [4.78, 5) is 11.9. The molecule has 7 heteroatoms. The molecular formula is C17H16N4O3. The Morgan fingerprint density at radius 3 is 2.46 bits per heavy atom. The van der Waals surface area contributed by atoms with Crippen molar-refractivity contribution in [3.63, 3.8) is 0 Å². The van der Waals surface area contributed by atoms with Gasteiger partial charge in [0.15, 0.2) is 12.1 Å². The summed E-state index contributed by atoms with van der Waals surface area (Å²) < 4.78 is 11.8. The molecule has 1 aromatic heterocycles. The highest BCUT2D eigenvalue weighted by Gasteiger charge is 2.18. The lowest BCUT2D eigenvalue weighted by atomic mass is 10.1. The number of hydrogen-bond donors (Lipinski definition) is 0. The summed E-state index contributed by atoms with van der Waals surface area (Å²) in [6, 6.07) is 18.5. The van der Waals surface area contributed by atoms with Gasteiger partial charge in [-0.15, -0.1) is 5.10 Å². The lowest BCUT2D eigenvalue weighted by Gasteiger charge is -2.14. The van der Waals surface area contributed by atoms with Gasteiger partial charge in [0.2, 0.25) is 0 Å². The normalized spacial score (nSPS) is 11.7. The monoisotopic (exact) mass is 324 g/mol. The number of rotatable bonds is 5. The third-order valence-electron chi connectivity index (χ3n) is 3.32. The van der Waals surface area contributed by atoms with Crippen molar-refractivity contribution < 1.29 is 14.3 Å². The first-order valence-electron chi connectivity index (χ1n) is 7.46. The molecule has 1 heterocycles. The Kier molecular flexibility index (Phi) is 4.81. The SMILES string of the molecule is CC(OC(=O)Oc1ccccc1)n1nnnc1Cc1ccccc1. The standard InChI is InChI=1S/C17H16N4O3/c1-13(23-17(22)24-15-10-6-3-7-11-15)21-16(18-19-20-21)12-14-8-4-2-5-9-14/h2-11,13H,12H2,1H3. The van der Waals surface area contributed by atoms with Crippen molar-refractivity contribution in [1.29, 1.82) is 0 Å². The van der Waals surface area contributed by atoms with Gasteiger partial charge in [-0.3, -0.25) is 0 Å². The highest BCUT2D eigenvalue weighted by molar-refractivity contribution is 5.63. The molecule has 0 amide bonds. The fourth-order valence-corrected chi connectivity index (χ4v) is 2.19. The van der Waals surface area contributed by atoms with Crippen LogP contribution in [0, 0.1) is 0 Å². The fraction of sp³-hybridized carbons (Fsp3) is 0.176. The number of carbonyl (C=O) groups is 1. The molecule has 1 atom stereocenters. The summed E-state index contributed by atoms with van der Waals surface area (Å²) in [5, 5.41) is 11.6. The van der Waals surface area contributed by atoms with E-state index >= 15 is 0 Å². The van der Waals surface area contributed by atoms with E-state index in [4.69, 9.17) is 9.47 Å². The largest absolute Gasteiger partial charge is 0.515 e. The highest BCUT2D eigenvalue weighted by atomic mass is 16.7. The van der Waals surface area contributed by atoms with E-state index in [2.05, 4.69) is 15.5 Å². The van der Waals surface area contributed by atoms with E-state index < -0.39 is 12.4 Å². The first-order valence-corrected chi connectivity index (χ1v) is 7.46. The second kappa shape index (κ2) is 7.36. The van der Waals surface area contributed by atoms with Gasteiger partial charge in [-0.2, -0.15) is 4.68 Å². The Morgan fingerprint density at radius 2 is 1.75 bits per heavy atom. The van der Waals surface area contributed by atoms with E-state index in [0.29, 0.717) is 18.0 Å². The lowest BCUT2D eigenvalue weighted by molar-refractivity contribution is 0.0253. The zero-order valence-corrected chi connectivity index (χ0v) is 13.1. The Morgan fingerprint density at radius 1 is 1.08 bits per heavy atom. The minimum atomic E-state index is -0.810. The van der Waals surface area contributed by atoms with Gasteiger partial charge in [0.05, 0.1) is 0 Å². The van der Waals surface area contributed by atoms with Crippen LogP contribution < -0.4 is 4.74 Å². The van der Waals surface area contributed by atoms with Crippen LogP contribution in [0.25, 0.3) is 0 Å². The van der Waals surface area contributed by atoms with Crippen molar-refractivity contribution in [2.75, 3.05) is 0 Å². The Bertz CT molecular complexity index is 790. The van der Waals surface area contributed by atoms with Gasteiger partial charge in [-0.1, -0.05) is 48.5 Å². The number of benzene rings is 2. The molecule has 0 aliphatic heterocycles. The minimum Gasteiger partial charge on any atom is -0.408 e. The molecule has 1 unspecified atom stereocenters. The van der Waals surface area contributed by atoms with Gasteiger partial charge in [0, 0.05) is 6.42 Å². The van der Waals surface area contributed by atoms with E-state index in [9.17, 15) is 4.79 Å². The predicted molar refractivity (Wildman–Crippen MR) is 85.3 cm³/mol. The number of para-hydroxylation sites is 1. The lowest BCUT2D eigenvalue weighted by Crippen LogP contribution is -2.20. The third-order valence-corrected chi connectivity index (χ3v) is 3.32. The number of tetrazole rings is 1.